The van der Waals surface area contributed by atoms with E-state index in [1.54, 1.807) is 12.1 Å². The molecule has 5 rings (SSSR count). The highest BCUT2D eigenvalue weighted by Crippen LogP contribution is 2.69. The molecule has 9 atom stereocenters. The van der Waals surface area contributed by atoms with Gasteiger partial charge in [-0.05, 0) is 116 Å². The zero-order valence-corrected chi connectivity index (χ0v) is 23.0. The van der Waals surface area contributed by atoms with Crippen LogP contribution in [0.5, 0.6) is 0 Å². The van der Waals surface area contributed by atoms with Gasteiger partial charge in [0.15, 0.2) is 9.84 Å². The van der Waals surface area contributed by atoms with Crippen molar-refractivity contribution in [3.05, 3.63) is 30.3 Å². The maximum Gasteiger partial charge on any atom is 0.178 e. The molecule has 1 aromatic carbocycles. The monoisotopic (exact) mass is 488 g/mol. The molecular formula is C30H48O3S. The van der Waals surface area contributed by atoms with Crippen molar-refractivity contribution in [2.75, 3.05) is 5.75 Å². The van der Waals surface area contributed by atoms with Crippen LogP contribution in [0, 0.1) is 46.3 Å². The summed E-state index contributed by atoms with van der Waals surface area (Å²) < 4.78 is 25.9. The van der Waals surface area contributed by atoms with Gasteiger partial charge in [-0.2, -0.15) is 0 Å². The van der Waals surface area contributed by atoms with Crippen molar-refractivity contribution in [1.82, 2.24) is 0 Å². The first-order chi connectivity index (χ1) is 16.1. The average Bonchev–Trinajstić information content (AvgIpc) is 3.10. The number of rotatable bonds is 4. The lowest BCUT2D eigenvalue weighted by Crippen LogP contribution is -2.54. The minimum Gasteiger partial charge on any atom is -0.393 e. The van der Waals surface area contributed by atoms with Gasteiger partial charge in [0.05, 0.1) is 16.8 Å². The molecule has 0 bridgehead atoms. The zero-order valence-electron chi connectivity index (χ0n) is 22.2. The van der Waals surface area contributed by atoms with E-state index in [0.29, 0.717) is 28.1 Å². The SMILES string of the molecule is CC.CC1CC(CCS(=O)(=O)c2ccccc2)C2(C)CCC3C(CCC4CC(O)CCC43C)C12. The van der Waals surface area contributed by atoms with Crippen LogP contribution >= 0.6 is 0 Å². The van der Waals surface area contributed by atoms with Gasteiger partial charge in [0.25, 0.3) is 0 Å². The summed E-state index contributed by atoms with van der Waals surface area (Å²) in [6, 6.07) is 9.00. The van der Waals surface area contributed by atoms with Gasteiger partial charge in [-0.15, -0.1) is 0 Å². The molecule has 0 radical (unpaired) electrons. The molecule has 34 heavy (non-hydrogen) atoms. The van der Waals surface area contributed by atoms with E-state index < -0.39 is 9.84 Å². The van der Waals surface area contributed by atoms with Gasteiger partial charge in [-0.1, -0.05) is 52.8 Å². The van der Waals surface area contributed by atoms with Crippen molar-refractivity contribution in [1.29, 1.82) is 0 Å². The molecule has 192 valence electrons. The second-order valence-electron chi connectivity index (χ2n) is 12.4. The van der Waals surface area contributed by atoms with Gasteiger partial charge >= 0.3 is 0 Å². The highest BCUT2D eigenvalue weighted by atomic mass is 32.2. The number of aliphatic hydroxyl groups excluding tert-OH is 1. The van der Waals surface area contributed by atoms with Gasteiger partial charge in [-0.3, -0.25) is 0 Å². The first kappa shape index (κ1) is 26.2. The lowest BCUT2D eigenvalue weighted by molar-refractivity contribution is -0.132. The van der Waals surface area contributed by atoms with Crippen LogP contribution < -0.4 is 0 Å². The number of hydrogen-bond donors (Lipinski definition) is 1. The maximum atomic E-state index is 13.0. The summed E-state index contributed by atoms with van der Waals surface area (Å²) in [5, 5.41) is 10.3. The van der Waals surface area contributed by atoms with Gasteiger partial charge in [-0.25, -0.2) is 8.42 Å². The Bertz CT molecular complexity index is 928. The Morgan fingerprint density at radius 1 is 0.941 bits per heavy atom. The molecule has 4 aliphatic rings. The van der Waals surface area contributed by atoms with E-state index in [0.717, 1.165) is 37.0 Å². The second-order valence-corrected chi connectivity index (χ2v) is 14.5. The van der Waals surface area contributed by atoms with Crippen molar-refractivity contribution in [3.8, 4) is 0 Å². The highest BCUT2D eigenvalue weighted by molar-refractivity contribution is 7.91. The van der Waals surface area contributed by atoms with Crippen LogP contribution in [0.4, 0.5) is 0 Å². The lowest BCUT2D eigenvalue weighted by Gasteiger charge is -2.61. The summed E-state index contributed by atoms with van der Waals surface area (Å²) in [4.78, 5) is 0.474. The molecule has 9 unspecified atom stereocenters. The lowest BCUT2D eigenvalue weighted by atomic mass is 9.44. The predicted octanol–water partition coefficient (Wildman–Crippen LogP) is 7.14. The fourth-order valence-corrected chi connectivity index (χ4v) is 10.8. The third kappa shape index (κ3) is 4.40. The average molecular weight is 489 g/mol. The fraction of sp³-hybridized carbons (Fsp3) is 0.800. The second kappa shape index (κ2) is 9.88. The predicted molar refractivity (Wildman–Crippen MR) is 140 cm³/mol. The van der Waals surface area contributed by atoms with Crippen molar-refractivity contribution in [3.63, 3.8) is 0 Å². The van der Waals surface area contributed by atoms with Crippen molar-refractivity contribution < 1.29 is 13.5 Å². The molecular weight excluding hydrogens is 440 g/mol. The molecule has 4 saturated carbocycles. The normalized spacial score (nSPS) is 43.6. The van der Waals surface area contributed by atoms with Gasteiger partial charge in [0.2, 0.25) is 0 Å². The van der Waals surface area contributed by atoms with E-state index in [1.165, 1.54) is 38.5 Å². The summed E-state index contributed by atoms with van der Waals surface area (Å²) in [6.45, 7) is 11.5. The third-order valence-electron chi connectivity index (χ3n) is 11.0. The van der Waals surface area contributed by atoms with Crippen LogP contribution in [0.15, 0.2) is 35.2 Å². The smallest absolute Gasteiger partial charge is 0.178 e. The molecule has 0 aromatic heterocycles. The topological polar surface area (TPSA) is 54.4 Å². The summed E-state index contributed by atoms with van der Waals surface area (Å²) >= 11 is 0. The molecule has 0 saturated heterocycles. The minimum absolute atomic E-state index is 0.0835. The van der Waals surface area contributed by atoms with Crippen LogP contribution in [-0.2, 0) is 9.84 Å². The molecule has 0 amide bonds. The van der Waals surface area contributed by atoms with Gasteiger partial charge < -0.3 is 5.11 Å². The van der Waals surface area contributed by atoms with Crippen molar-refractivity contribution >= 4 is 9.84 Å². The molecule has 0 heterocycles. The largest absolute Gasteiger partial charge is 0.393 e. The molecule has 0 aliphatic heterocycles. The molecule has 0 spiro atoms. The molecule has 1 N–H and O–H groups in total. The first-order valence-corrected chi connectivity index (χ1v) is 15.8. The number of fused-ring (bicyclic) bond motifs is 5. The number of benzene rings is 1. The Labute approximate surface area is 209 Å². The van der Waals surface area contributed by atoms with E-state index >= 15 is 0 Å². The van der Waals surface area contributed by atoms with E-state index in [4.69, 9.17) is 0 Å². The Morgan fingerprint density at radius 3 is 2.32 bits per heavy atom. The zero-order chi connectivity index (χ0) is 24.7. The van der Waals surface area contributed by atoms with Crippen LogP contribution in [0.1, 0.15) is 92.4 Å². The minimum atomic E-state index is -3.21. The van der Waals surface area contributed by atoms with Gasteiger partial charge in [0.1, 0.15) is 0 Å². The standard InChI is InChI=1S/C28H42O3S.C2H6/c1-19-17-21(13-16-32(30,31)23-7-5-4-6-8-23)28(3)15-12-25-24(26(19)28)10-9-20-18-22(29)11-14-27(20,25)2;1-2/h4-8,19-22,24-26,29H,9-18H2,1-3H3;1-2H3. The number of sulfone groups is 1. The Balaban J connectivity index is 0.00000133. The van der Waals surface area contributed by atoms with E-state index in [9.17, 15) is 13.5 Å². The van der Waals surface area contributed by atoms with Crippen LogP contribution in [0.3, 0.4) is 0 Å². The quantitative estimate of drug-likeness (QED) is 0.490. The van der Waals surface area contributed by atoms with E-state index in [1.807, 2.05) is 32.0 Å². The fourth-order valence-electron chi connectivity index (χ4n) is 9.42. The van der Waals surface area contributed by atoms with Gasteiger partial charge in [0, 0.05) is 0 Å². The summed E-state index contributed by atoms with van der Waals surface area (Å²) in [5.74, 6) is 4.49. The summed E-state index contributed by atoms with van der Waals surface area (Å²) in [5.41, 5.74) is 0.683. The van der Waals surface area contributed by atoms with Crippen molar-refractivity contribution in [2.24, 2.45) is 46.3 Å². The van der Waals surface area contributed by atoms with Crippen LogP contribution in [0.25, 0.3) is 0 Å². The van der Waals surface area contributed by atoms with Crippen LogP contribution in [0.2, 0.25) is 0 Å². The van der Waals surface area contributed by atoms with Crippen LogP contribution in [-0.4, -0.2) is 25.4 Å². The Kier molecular flexibility index (Phi) is 7.62. The van der Waals surface area contributed by atoms with E-state index in [-0.39, 0.29) is 17.3 Å². The highest BCUT2D eigenvalue weighted by Gasteiger charge is 2.61. The number of hydrogen-bond acceptors (Lipinski definition) is 3. The van der Waals surface area contributed by atoms with E-state index in [2.05, 4.69) is 20.8 Å². The number of aliphatic hydroxyl groups is 1. The summed E-state index contributed by atoms with van der Waals surface area (Å²) in [6.07, 6.45) is 10.2. The first-order valence-electron chi connectivity index (χ1n) is 14.1. The molecule has 4 fully saturated rings. The summed E-state index contributed by atoms with van der Waals surface area (Å²) in [7, 11) is -3.21. The molecule has 1 aromatic rings. The molecule has 4 aliphatic carbocycles. The maximum absolute atomic E-state index is 13.0. The Hall–Kier alpha value is -0.870. The Morgan fingerprint density at radius 2 is 1.62 bits per heavy atom. The molecule has 3 nitrogen and oxygen atoms in total. The van der Waals surface area contributed by atoms with Crippen molar-refractivity contribution in [2.45, 2.75) is 103 Å². The molecule has 4 heteroatoms. The third-order valence-corrected chi connectivity index (χ3v) is 12.7.